The van der Waals surface area contributed by atoms with Gasteiger partial charge in [0.2, 0.25) is 5.91 Å². The fraction of sp³-hybridized carbons (Fsp3) is 0.294. The number of nitrogens with zero attached hydrogens (tertiary/aromatic N) is 2. The Hall–Kier alpha value is -2.31. The third-order valence-electron chi connectivity index (χ3n) is 4.13. The number of fused-ring (bicyclic) bond motifs is 1. The van der Waals surface area contributed by atoms with Crippen LogP contribution in [-0.4, -0.2) is 40.1 Å². The molecule has 1 aliphatic heterocycles. The number of amides is 1. The lowest BCUT2D eigenvalue weighted by Gasteiger charge is -2.24. The summed E-state index contributed by atoms with van der Waals surface area (Å²) in [6, 6.07) is 6.62. The minimum atomic E-state index is -0.418. The largest absolute Gasteiger partial charge is 0.504 e. The summed E-state index contributed by atoms with van der Waals surface area (Å²) in [5.41, 5.74) is 7.64. The van der Waals surface area contributed by atoms with Gasteiger partial charge in [0, 0.05) is 30.4 Å². The Morgan fingerprint density at radius 1 is 1.46 bits per heavy atom. The summed E-state index contributed by atoms with van der Waals surface area (Å²) in [7, 11) is 0. The third-order valence-corrected chi connectivity index (χ3v) is 4.35. The molecule has 2 heterocycles. The van der Waals surface area contributed by atoms with Crippen LogP contribution in [0.2, 0.25) is 5.02 Å². The lowest BCUT2D eigenvalue weighted by Crippen LogP contribution is -2.43. The molecule has 1 aromatic heterocycles. The van der Waals surface area contributed by atoms with E-state index in [9.17, 15) is 9.90 Å². The number of carbonyl (C=O) groups excluding carboxylic acids is 1. The number of pyridine rings is 1. The first kappa shape index (κ1) is 16.5. The highest BCUT2D eigenvalue weighted by Crippen LogP contribution is 2.37. The van der Waals surface area contributed by atoms with Gasteiger partial charge < -0.3 is 15.6 Å². The van der Waals surface area contributed by atoms with Crippen LogP contribution in [-0.2, 0) is 11.3 Å². The van der Waals surface area contributed by atoms with Gasteiger partial charge in [-0.25, -0.2) is 0 Å². The molecule has 3 rings (SSSR count). The summed E-state index contributed by atoms with van der Waals surface area (Å²) in [5.74, 6) is 0.0953. The SMILES string of the molecule is CC(C(N)=O)N1CCOc2c(O)cc(-c3ccc(Cl)cn3)cc2C1. The molecule has 24 heavy (non-hydrogen) atoms. The van der Waals surface area contributed by atoms with Crippen LogP contribution in [0.1, 0.15) is 12.5 Å². The Balaban J connectivity index is 1.99. The highest BCUT2D eigenvalue weighted by atomic mass is 35.5. The van der Waals surface area contributed by atoms with E-state index < -0.39 is 11.9 Å². The summed E-state index contributed by atoms with van der Waals surface area (Å²) in [4.78, 5) is 17.7. The number of carbonyl (C=O) groups is 1. The van der Waals surface area contributed by atoms with Gasteiger partial charge in [-0.3, -0.25) is 14.7 Å². The van der Waals surface area contributed by atoms with Crippen LogP contribution in [0.5, 0.6) is 11.5 Å². The highest BCUT2D eigenvalue weighted by molar-refractivity contribution is 6.30. The van der Waals surface area contributed by atoms with Crippen LogP contribution in [0, 0.1) is 0 Å². The lowest BCUT2D eigenvalue weighted by molar-refractivity contribution is -0.122. The van der Waals surface area contributed by atoms with E-state index in [1.807, 2.05) is 11.0 Å². The van der Waals surface area contributed by atoms with Gasteiger partial charge in [-0.2, -0.15) is 0 Å². The average molecular weight is 348 g/mol. The Kier molecular flexibility index (Phi) is 4.59. The number of benzene rings is 1. The van der Waals surface area contributed by atoms with E-state index in [1.54, 1.807) is 31.3 Å². The Labute approximate surface area is 144 Å². The fourth-order valence-electron chi connectivity index (χ4n) is 2.72. The minimum Gasteiger partial charge on any atom is -0.504 e. The first-order valence-corrected chi connectivity index (χ1v) is 7.97. The molecule has 0 saturated heterocycles. The lowest BCUT2D eigenvalue weighted by atomic mass is 10.0. The van der Waals surface area contributed by atoms with Crippen LogP contribution < -0.4 is 10.5 Å². The van der Waals surface area contributed by atoms with Crippen LogP contribution in [0.4, 0.5) is 0 Å². The minimum absolute atomic E-state index is 0.0489. The summed E-state index contributed by atoms with van der Waals surface area (Å²) in [6.45, 7) is 3.13. The molecule has 3 N–H and O–H groups in total. The second-order valence-corrected chi connectivity index (χ2v) is 6.18. The van der Waals surface area contributed by atoms with Gasteiger partial charge in [-0.05, 0) is 31.2 Å². The number of nitrogens with two attached hydrogens (primary N) is 1. The number of aromatic nitrogens is 1. The highest BCUT2D eigenvalue weighted by Gasteiger charge is 2.25. The second kappa shape index (κ2) is 6.67. The van der Waals surface area contributed by atoms with E-state index in [-0.39, 0.29) is 5.75 Å². The van der Waals surface area contributed by atoms with E-state index in [1.165, 1.54) is 0 Å². The quantitative estimate of drug-likeness (QED) is 0.888. The van der Waals surface area contributed by atoms with Gasteiger partial charge in [-0.15, -0.1) is 0 Å². The molecule has 1 atom stereocenters. The average Bonchev–Trinajstić information content (AvgIpc) is 2.77. The number of rotatable bonds is 3. The maximum Gasteiger partial charge on any atom is 0.234 e. The molecular formula is C17H18ClN3O3. The molecule has 0 bridgehead atoms. The molecule has 6 nitrogen and oxygen atoms in total. The predicted molar refractivity (Wildman–Crippen MR) is 90.9 cm³/mol. The van der Waals surface area contributed by atoms with Gasteiger partial charge in [-0.1, -0.05) is 11.6 Å². The number of ether oxygens (including phenoxy) is 1. The topological polar surface area (TPSA) is 88.7 Å². The molecule has 7 heteroatoms. The van der Waals surface area contributed by atoms with Crippen molar-refractivity contribution in [1.82, 2.24) is 9.88 Å². The van der Waals surface area contributed by atoms with Crippen molar-refractivity contribution < 1.29 is 14.6 Å². The summed E-state index contributed by atoms with van der Waals surface area (Å²) < 4.78 is 5.66. The zero-order valence-electron chi connectivity index (χ0n) is 13.2. The number of hydrogen-bond acceptors (Lipinski definition) is 5. The number of primary amides is 1. The maximum absolute atomic E-state index is 11.5. The molecule has 0 saturated carbocycles. The molecule has 1 aliphatic rings. The van der Waals surface area contributed by atoms with Crippen molar-refractivity contribution in [3.63, 3.8) is 0 Å². The molecule has 1 aromatic carbocycles. The smallest absolute Gasteiger partial charge is 0.234 e. The van der Waals surface area contributed by atoms with Crippen LogP contribution in [0.3, 0.4) is 0 Å². The normalized spacial score (nSPS) is 15.9. The molecule has 0 radical (unpaired) electrons. The van der Waals surface area contributed by atoms with Gasteiger partial charge in [0.25, 0.3) is 0 Å². The summed E-state index contributed by atoms with van der Waals surface area (Å²) >= 11 is 5.87. The second-order valence-electron chi connectivity index (χ2n) is 5.74. The van der Waals surface area contributed by atoms with E-state index >= 15 is 0 Å². The summed E-state index contributed by atoms with van der Waals surface area (Å²) in [6.07, 6.45) is 1.55. The monoisotopic (exact) mass is 347 g/mol. The van der Waals surface area contributed by atoms with Gasteiger partial charge in [0.05, 0.1) is 16.8 Å². The Bertz CT molecular complexity index is 764. The Morgan fingerprint density at radius 3 is 2.92 bits per heavy atom. The number of halogens is 1. The molecule has 2 aromatic rings. The van der Waals surface area contributed by atoms with Gasteiger partial charge >= 0.3 is 0 Å². The molecule has 1 unspecified atom stereocenters. The molecule has 1 amide bonds. The molecule has 0 spiro atoms. The van der Waals surface area contributed by atoms with E-state index in [0.717, 1.165) is 11.1 Å². The van der Waals surface area contributed by atoms with Crippen molar-refractivity contribution in [3.05, 3.63) is 41.0 Å². The number of phenols is 1. The van der Waals surface area contributed by atoms with Crippen molar-refractivity contribution in [1.29, 1.82) is 0 Å². The van der Waals surface area contributed by atoms with E-state index in [0.29, 0.717) is 36.2 Å². The zero-order chi connectivity index (χ0) is 17.3. The first-order chi connectivity index (χ1) is 11.5. The van der Waals surface area contributed by atoms with Crippen molar-refractivity contribution in [2.45, 2.75) is 19.5 Å². The van der Waals surface area contributed by atoms with E-state index in [4.69, 9.17) is 22.1 Å². The van der Waals surface area contributed by atoms with Gasteiger partial charge in [0.15, 0.2) is 11.5 Å². The van der Waals surface area contributed by atoms with Crippen molar-refractivity contribution >= 4 is 17.5 Å². The molecule has 0 fully saturated rings. The van der Waals surface area contributed by atoms with Gasteiger partial charge in [0.1, 0.15) is 6.61 Å². The fourth-order valence-corrected chi connectivity index (χ4v) is 2.84. The number of aromatic hydroxyl groups is 1. The first-order valence-electron chi connectivity index (χ1n) is 7.59. The molecule has 0 aliphatic carbocycles. The number of hydrogen-bond donors (Lipinski definition) is 2. The zero-order valence-corrected chi connectivity index (χ0v) is 14.0. The van der Waals surface area contributed by atoms with E-state index in [2.05, 4.69) is 4.98 Å². The third kappa shape index (κ3) is 3.29. The van der Waals surface area contributed by atoms with Crippen LogP contribution in [0.15, 0.2) is 30.5 Å². The molecular weight excluding hydrogens is 330 g/mol. The predicted octanol–water partition coefficient (Wildman–Crippen LogP) is 2.18. The Morgan fingerprint density at radius 2 is 2.25 bits per heavy atom. The van der Waals surface area contributed by atoms with Crippen molar-refractivity contribution in [2.24, 2.45) is 5.73 Å². The van der Waals surface area contributed by atoms with Crippen LogP contribution >= 0.6 is 11.6 Å². The van der Waals surface area contributed by atoms with Crippen molar-refractivity contribution in [2.75, 3.05) is 13.2 Å². The standard InChI is InChI=1S/C17H18ClN3O3/c1-10(17(19)23)21-4-5-24-16-12(9-21)6-11(7-15(16)22)14-3-2-13(18)8-20-14/h2-3,6-8,10,22H,4-5,9H2,1H3,(H2,19,23). The van der Waals surface area contributed by atoms with Crippen LogP contribution in [0.25, 0.3) is 11.3 Å². The van der Waals surface area contributed by atoms with Crippen molar-refractivity contribution in [3.8, 4) is 22.8 Å². The molecule has 126 valence electrons. The maximum atomic E-state index is 11.5. The number of phenolic OH excluding ortho intramolecular Hbond substituents is 1. The summed E-state index contributed by atoms with van der Waals surface area (Å²) in [5, 5.41) is 10.9.